The number of halogens is 2. The lowest BCUT2D eigenvalue weighted by molar-refractivity contribution is 0.577. The molecule has 136 valence electrons. The van der Waals surface area contributed by atoms with Crippen LogP contribution in [-0.2, 0) is 23.6 Å². The number of rotatable bonds is 5. The van der Waals surface area contributed by atoms with Crippen LogP contribution in [0.1, 0.15) is 11.3 Å². The summed E-state index contributed by atoms with van der Waals surface area (Å²) in [6.45, 7) is 1.79. The molecule has 3 rings (SSSR count). The number of aromatic nitrogens is 3. The maximum atomic E-state index is 12.6. The van der Waals surface area contributed by atoms with E-state index in [2.05, 4.69) is 14.8 Å². The molecule has 0 saturated carbocycles. The molecular formula is C17H16Cl2N4O2S. The molecule has 0 fully saturated rings. The van der Waals surface area contributed by atoms with E-state index in [0.29, 0.717) is 16.3 Å². The third kappa shape index (κ3) is 3.91. The Balaban J connectivity index is 1.83. The monoisotopic (exact) mass is 410 g/mol. The Labute approximate surface area is 161 Å². The Morgan fingerprint density at radius 3 is 2.65 bits per heavy atom. The van der Waals surface area contributed by atoms with Crippen molar-refractivity contribution in [2.75, 3.05) is 0 Å². The molecule has 0 aliphatic carbocycles. The molecule has 9 heteroatoms. The molecule has 0 aliphatic heterocycles. The van der Waals surface area contributed by atoms with Crippen LogP contribution >= 0.6 is 23.2 Å². The number of benzene rings is 1. The van der Waals surface area contributed by atoms with Crippen molar-refractivity contribution in [1.29, 1.82) is 0 Å². The van der Waals surface area contributed by atoms with Crippen LogP contribution < -0.4 is 4.72 Å². The minimum absolute atomic E-state index is 0.00396. The highest BCUT2D eigenvalue weighted by Crippen LogP contribution is 2.28. The van der Waals surface area contributed by atoms with Gasteiger partial charge in [0.1, 0.15) is 4.90 Å². The summed E-state index contributed by atoms with van der Waals surface area (Å²) in [7, 11) is -2.04. The summed E-state index contributed by atoms with van der Waals surface area (Å²) in [5.74, 6) is 0. The van der Waals surface area contributed by atoms with E-state index in [1.54, 1.807) is 31.0 Å². The lowest BCUT2D eigenvalue weighted by Gasteiger charge is -2.10. The van der Waals surface area contributed by atoms with E-state index in [4.69, 9.17) is 23.2 Å². The van der Waals surface area contributed by atoms with Gasteiger partial charge in [-0.15, -0.1) is 0 Å². The molecule has 6 nitrogen and oxygen atoms in total. The largest absolute Gasteiger partial charge is 0.271 e. The first-order valence-corrected chi connectivity index (χ1v) is 9.90. The zero-order chi connectivity index (χ0) is 18.9. The molecule has 0 atom stereocenters. The zero-order valence-corrected chi connectivity index (χ0v) is 16.4. The van der Waals surface area contributed by atoms with Crippen LogP contribution in [0, 0.1) is 6.92 Å². The van der Waals surface area contributed by atoms with E-state index in [0.717, 1.165) is 11.3 Å². The van der Waals surface area contributed by atoms with Crippen LogP contribution in [0.25, 0.3) is 11.3 Å². The van der Waals surface area contributed by atoms with Gasteiger partial charge in [-0.05, 0) is 42.8 Å². The van der Waals surface area contributed by atoms with Crippen molar-refractivity contribution < 1.29 is 8.42 Å². The summed E-state index contributed by atoms with van der Waals surface area (Å²) >= 11 is 12.0. The second-order valence-electron chi connectivity index (χ2n) is 5.74. The highest BCUT2D eigenvalue weighted by Gasteiger charge is 2.20. The van der Waals surface area contributed by atoms with E-state index in [9.17, 15) is 8.42 Å². The van der Waals surface area contributed by atoms with Crippen molar-refractivity contribution in [3.63, 3.8) is 0 Å². The van der Waals surface area contributed by atoms with Gasteiger partial charge in [0.15, 0.2) is 0 Å². The Morgan fingerprint density at radius 2 is 1.96 bits per heavy atom. The molecule has 1 N–H and O–H groups in total. The fourth-order valence-corrected chi connectivity index (χ4v) is 4.24. The van der Waals surface area contributed by atoms with Crippen LogP contribution in [0.2, 0.25) is 10.0 Å². The Morgan fingerprint density at radius 1 is 1.19 bits per heavy atom. The van der Waals surface area contributed by atoms with Crippen molar-refractivity contribution in [2.24, 2.45) is 7.05 Å². The van der Waals surface area contributed by atoms with Gasteiger partial charge in [0.05, 0.1) is 23.0 Å². The predicted molar refractivity (Wildman–Crippen MR) is 102 cm³/mol. The van der Waals surface area contributed by atoms with Gasteiger partial charge in [0.25, 0.3) is 0 Å². The second-order valence-corrected chi connectivity index (χ2v) is 8.29. The smallest absolute Gasteiger partial charge is 0.242 e. The first kappa shape index (κ1) is 18.8. The average Bonchev–Trinajstić information content (AvgIpc) is 2.98. The van der Waals surface area contributed by atoms with Gasteiger partial charge in [-0.25, -0.2) is 13.1 Å². The van der Waals surface area contributed by atoms with Gasteiger partial charge >= 0.3 is 0 Å². The van der Waals surface area contributed by atoms with Crippen molar-refractivity contribution in [3.05, 3.63) is 64.0 Å². The highest BCUT2D eigenvalue weighted by atomic mass is 35.5. The quantitative estimate of drug-likeness (QED) is 0.697. The number of aryl methyl sites for hydroxylation is 2. The van der Waals surface area contributed by atoms with Gasteiger partial charge in [0, 0.05) is 30.0 Å². The second kappa shape index (κ2) is 7.36. The lowest BCUT2D eigenvalue weighted by Crippen LogP contribution is -2.24. The number of hydrogen-bond acceptors (Lipinski definition) is 4. The number of nitrogens with zero attached hydrogens (tertiary/aromatic N) is 3. The van der Waals surface area contributed by atoms with E-state index < -0.39 is 10.0 Å². The Hall–Kier alpha value is -1.93. The minimum atomic E-state index is -3.79. The van der Waals surface area contributed by atoms with Crippen molar-refractivity contribution in [3.8, 4) is 11.3 Å². The highest BCUT2D eigenvalue weighted by molar-refractivity contribution is 7.89. The molecule has 3 aromatic rings. The molecule has 2 aromatic heterocycles. The Bertz CT molecular complexity index is 1050. The molecule has 0 radical (unpaired) electrons. The van der Waals surface area contributed by atoms with Gasteiger partial charge < -0.3 is 0 Å². The molecule has 26 heavy (non-hydrogen) atoms. The normalized spacial score (nSPS) is 11.7. The van der Waals surface area contributed by atoms with Crippen LogP contribution in [-0.4, -0.2) is 23.2 Å². The number of nitrogens with one attached hydrogen (secondary N) is 1. The summed E-state index contributed by atoms with van der Waals surface area (Å²) < 4.78 is 29.4. The molecule has 2 heterocycles. The maximum absolute atomic E-state index is 12.6. The van der Waals surface area contributed by atoms with Gasteiger partial charge in [-0.1, -0.05) is 23.2 Å². The van der Waals surface area contributed by atoms with Crippen LogP contribution in [0.15, 0.2) is 47.6 Å². The summed E-state index contributed by atoms with van der Waals surface area (Å²) in [6, 6.07) is 8.40. The van der Waals surface area contributed by atoms with Crippen molar-refractivity contribution >= 4 is 33.2 Å². The maximum Gasteiger partial charge on any atom is 0.242 e. The third-order valence-corrected chi connectivity index (χ3v) is 6.15. The fourth-order valence-electron chi connectivity index (χ4n) is 2.41. The number of sulfonamides is 1. The fraction of sp³-hybridized carbons (Fsp3) is 0.176. The van der Waals surface area contributed by atoms with Gasteiger partial charge in [-0.3, -0.25) is 9.67 Å². The molecule has 0 unspecified atom stereocenters. The van der Waals surface area contributed by atoms with E-state index in [1.165, 1.54) is 12.1 Å². The number of pyridine rings is 1. The molecule has 0 amide bonds. The Kier molecular flexibility index (Phi) is 5.34. The summed E-state index contributed by atoms with van der Waals surface area (Å²) in [5.41, 5.74) is 2.91. The zero-order valence-electron chi connectivity index (χ0n) is 14.1. The summed E-state index contributed by atoms with van der Waals surface area (Å²) in [6.07, 6.45) is 3.38. The van der Waals surface area contributed by atoms with Gasteiger partial charge in [0.2, 0.25) is 10.0 Å². The molecule has 0 bridgehead atoms. The predicted octanol–water partition coefficient (Wildman–Crippen LogP) is 3.58. The van der Waals surface area contributed by atoms with Crippen LogP contribution in [0.5, 0.6) is 0 Å². The first-order chi connectivity index (χ1) is 12.3. The minimum Gasteiger partial charge on any atom is -0.271 e. The first-order valence-electron chi connectivity index (χ1n) is 7.66. The van der Waals surface area contributed by atoms with Crippen LogP contribution in [0.3, 0.4) is 0 Å². The van der Waals surface area contributed by atoms with E-state index in [1.807, 2.05) is 18.2 Å². The lowest BCUT2D eigenvalue weighted by atomic mass is 10.2. The van der Waals surface area contributed by atoms with Crippen molar-refractivity contribution in [1.82, 2.24) is 19.5 Å². The third-order valence-electron chi connectivity index (χ3n) is 3.88. The molecular weight excluding hydrogens is 395 g/mol. The number of hydrogen-bond donors (Lipinski definition) is 1. The SMILES string of the molecule is Cc1cc(S(=O)(=O)NCc2cc(-c3cccnc3)nn2C)c(Cl)cc1Cl. The van der Waals surface area contributed by atoms with Gasteiger partial charge in [-0.2, -0.15) is 5.10 Å². The molecule has 1 aromatic carbocycles. The molecule has 0 saturated heterocycles. The van der Waals surface area contributed by atoms with Crippen molar-refractivity contribution in [2.45, 2.75) is 18.4 Å². The standard InChI is InChI=1S/C17H16Cl2N4O2S/c1-11-6-17(15(19)8-14(11)18)26(24,25)21-10-13-7-16(22-23(13)2)12-4-3-5-20-9-12/h3-9,21H,10H2,1-2H3. The molecule has 0 aliphatic rings. The topological polar surface area (TPSA) is 76.9 Å². The average molecular weight is 411 g/mol. The van der Waals surface area contributed by atoms with E-state index >= 15 is 0 Å². The summed E-state index contributed by atoms with van der Waals surface area (Å²) in [5, 5.41) is 4.89. The van der Waals surface area contributed by atoms with E-state index in [-0.39, 0.29) is 16.5 Å². The molecule has 0 spiro atoms. The summed E-state index contributed by atoms with van der Waals surface area (Å²) in [4.78, 5) is 4.06. The van der Waals surface area contributed by atoms with Crippen LogP contribution in [0.4, 0.5) is 0 Å².